The van der Waals surface area contributed by atoms with Crippen LogP contribution in [0.15, 0.2) is 72.8 Å². The second kappa shape index (κ2) is 7.35. The minimum atomic E-state index is -0.0481. The number of carbonyl (C=O) groups excluding carboxylic acids is 1. The second-order valence-electron chi connectivity index (χ2n) is 6.50. The summed E-state index contributed by atoms with van der Waals surface area (Å²) in [5, 5.41) is 3.10. The van der Waals surface area contributed by atoms with Crippen LogP contribution in [0, 0.1) is 13.8 Å². The maximum Gasteiger partial charge on any atom is 0.251 e. The van der Waals surface area contributed by atoms with Gasteiger partial charge >= 0.3 is 0 Å². The highest BCUT2D eigenvalue weighted by molar-refractivity contribution is 5.95. The first-order chi connectivity index (χ1) is 12.0. The molecule has 2 nitrogen and oxygen atoms in total. The number of hydrogen-bond acceptors (Lipinski definition) is 1. The highest BCUT2D eigenvalue weighted by Gasteiger charge is 2.13. The van der Waals surface area contributed by atoms with Gasteiger partial charge in [0.25, 0.3) is 5.91 Å². The van der Waals surface area contributed by atoms with Gasteiger partial charge in [0.05, 0.1) is 6.04 Å². The Kier molecular flexibility index (Phi) is 4.99. The second-order valence-corrected chi connectivity index (χ2v) is 6.50. The number of hydrogen-bond donors (Lipinski definition) is 1. The highest BCUT2D eigenvalue weighted by atomic mass is 16.1. The lowest BCUT2D eigenvalue weighted by Crippen LogP contribution is -2.27. The van der Waals surface area contributed by atoms with Gasteiger partial charge in [0, 0.05) is 5.56 Å². The normalized spacial score (nSPS) is 11.8. The molecule has 2 heteroatoms. The maximum atomic E-state index is 12.6. The van der Waals surface area contributed by atoms with Gasteiger partial charge in [-0.05, 0) is 55.2 Å². The van der Waals surface area contributed by atoms with Gasteiger partial charge in [-0.25, -0.2) is 0 Å². The first-order valence-electron chi connectivity index (χ1n) is 8.58. The molecule has 0 saturated carbocycles. The number of nitrogens with one attached hydrogen (secondary N) is 1. The molecular formula is C23H23NO. The highest BCUT2D eigenvalue weighted by Crippen LogP contribution is 2.21. The summed E-state index contributed by atoms with van der Waals surface area (Å²) in [6, 6.07) is 24.2. The predicted octanol–water partition coefficient (Wildman–Crippen LogP) is 5.46. The van der Waals surface area contributed by atoms with E-state index in [9.17, 15) is 4.79 Å². The number of aryl methyl sites for hydroxylation is 2. The monoisotopic (exact) mass is 329 g/mol. The van der Waals surface area contributed by atoms with E-state index in [2.05, 4.69) is 49.5 Å². The lowest BCUT2D eigenvalue weighted by atomic mass is 9.99. The quantitative estimate of drug-likeness (QED) is 0.676. The van der Waals surface area contributed by atoms with Crippen LogP contribution in [0.5, 0.6) is 0 Å². The van der Waals surface area contributed by atoms with Crippen LogP contribution < -0.4 is 5.32 Å². The van der Waals surface area contributed by atoms with Crippen molar-refractivity contribution in [2.75, 3.05) is 0 Å². The van der Waals surface area contributed by atoms with E-state index in [1.54, 1.807) is 0 Å². The van der Waals surface area contributed by atoms with Crippen molar-refractivity contribution in [3.8, 4) is 11.1 Å². The third-order valence-electron chi connectivity index (χ3n) is 4.50. The summed E-state index contributed by atoms with van der Waals surface area (Å²) < 4.78 is 0. The number of rotatable bonds is 4. The van der Waals surface area contributed by atoms with Crippen LogP contribution in [0.25, 0.3) is 11.1 Å². The third kappa shape index (κ3) is 3.97. The largest absolute Gasteiger partial charge is 0.346 e. The summed E-state index contributed by atoms with van der Waals surface area (Å²) in [6.07, 6.45) is 0. The van der Waals surface area contributed by atoms with Gasteiger partial charge in [0.2, 0.25) is 0 Å². The molecule has 0 fully saturated rings. The van der Waals surface area contributed by atoms with E-state index in [4.69, 9.17) is 0 Å². The Morgan fingerprint density at radius 2 is 1.48 bits per heavy atom. The fourth-order valence-corrected chi connectivity index (χ4v) is 3.03. The van der Waals surface area contributed by atoms with Crippen molar-refractivity contribution in [3.63, 3.8) is 0 Å². The van der Waals surface area contributed by atoms with Crippen molar-refractivity contribution in [3.05, 3.63) is 95.1 Å². The molecule has 1 N–H and O–H groups in total. The lowest BCUT2D eigenvalue weighted by molar-refractivity contribution is 0.0940. The first kappa shape index (κ1) is 17.0. The van der Waals surface area contributed by atoms with Crippen molar-refractivity contribution < 1.29 is 4.79 Å². The fourth-order valence-electron chi connectivity index (χ4n) is 3.03. The minimum absolute atomic E-state index is 0.0267. The number of carbonyl (C=O) groups is 1. The van der Waals surface area contributed by atoms with Gasteiger partial charge in [-0.1, -0.05) is 66.2 Å². The molecule has 3 rings (SSSR count). The molecule has 3 aromatic rings. The molecule has 0 aromatic heterocycles. The molecule has 0 heterocycles. The smallest absolute Gasteiger partial charge is 0.251 e. The Bertz CT molecular complexity index is 866. The standard InChI is InChI=1S/C23H23NO/c1-16-9-10-17(2)22(15-16)18(3)24-23(25)21-13-11-20(12-14-21)19-7-5-4-6-8-19/h4-15,18H,1-3H3,(H,24,25). The van der Waals surface area contributed by atoms with Gasteiger partial charge in [-0.2, -0.15) is 0 Å². The van der Waals surface area contributed by atoms with E-state index in [0.717, 1.165) is 16.7 Å². The lowest BCUT2D eigenvalue weighted by Gasteiger charge is -2.17. The maximum absolute atomic E-state index is 12.6. The van der Waals surface area contributed by atoms with Crippen molar-refractivity contribution in [1.29, 1.82) is 0 Å². The molecule has 25 heavy (non-hydrogen) atoms. The van der Waals surface area contributed by atoms with Crippen LogP contribution in [-0.2, 0) is 0 Å². The summed E-state index contributed by atoms with van der Waals surface area (Å²) in [5.41, 5.74) is 6.50. The Morgan fingerprint density at radius 1 is 0.840 bits per heavy atom. The molecular weight excluding hydrogens is 306 g/mol. The molecule has 1 atom stereocenters. The van der Waals surface area contributed by atoms with Crippen LogP contribution >= 0.6 is 0 Å². The van der Waals surface area contributed by atoms with Gasteiger partial charge < -0.3 is 5.32 Å². The summed E-state index contributed by atoms with van der Waals surface area (Å²) in [7, 11) is 0. The summed E-state index contributed by atoms with van der Waals surface area (Å²) in [4.78, 5) is 12.6. The molecule has 0 aliphatic rings. The third-order valence-corrected chi connectivity index (χ3v) is 4.50. The SMILES string of the molecule is Cc1ccc(C)c(C(C)NC(=O)c2ccc(-c3ccccc3)cc2)c1. The van der Waals surface area contributed by atoms with E-state index < -0.39 is 0 Å². The van der Waals surface area contributed by atoms with Crippen molar-refractivity contribution in [2.45, 2.75) is 26.8 Å². The van der Waals surface area contributed by atoms with E-state index in [1.165, 1.54) is 11.1 Å². The summed E-state index contributed by atoms with van der Waals surface area (Å²) in [6.45, 7) is 6.17. The molecule has 0 aliphatic heterocycles. The van der Waals surface area contributed by atoms with Crippen molar-refractivity contribution in [1.82, 2.24) is 5.32 Å². The van der Waals surface area contributed by atoms with Crippen LogP contribution in [0.2, 0.25) is 0 Å². The average Bonchev–Trinajstić information content (AvgIpc) is 2.64. The van der Waals surface area contributed by atoms with Crippen LogP contribution in [-0.4, -0.2) is 5.91 Å². The Hall–Kier alpha value is -2.87. The fraction of sp³-hybridized carbons (Fsp3) is 0.174. The van der Waals surface area contributed by atoms with E-state index in [0.29, 0.717) is 5.56 Å². The Morgan fingerprint density at radius 3 is 2.16 bits per heavy atom. The molecule has 0 spiro atoms. The molecule has 1 amide bonds. The van der Waals surface area contributed by atoms with E-state index in [-0.39, 0.29) is 11.9 Å². The Balaban J connectivity index is 1.74. The minimum Gasteiger partial charge on any atom is -0.346 e. The van der Waals surface area contributed by atoms with Crippen LogP contribution in [0.3, 0.4) is 0 Å². The molecule has 3 aromatic carbocycles. The molecule has 1 unspecified atom stereocenters. The molecule has 0 aliphatic carbocycles. The molecule has 0 saturated heterocycles. The first-order valence-corrected chi connectivity index (χ1v) is 8.58. The van der Waals surface area contributed by atoms with E-state index >= 15 is 0 Å². The predicted molar refractivity (Wildman–Crippen MR) is 104 cm³/mol. The molecule has 126 valence electrons. The topological polar surface area (TPSA) is 29.1 Å². The summed E-state index contributed by atoms with van der Waals surface area (Å²) in [5.74, 6) is -0.0481. The van der Waals surface area contributed by atoms with E-state index in [1.807, 2.05) is 49.4 Å². The molecule has 0 radical (unpaired) electrons. The van der Waals surface area contributed by atoms with Crippen LogP contribution in [0.4, 0.5) is 0 Å². The van der Waals surface area contributed by atoms with Crippen molar-refractivity contribution in [2.24, 2.45) is 0 Å². The average molecular weight is 329 g/mol. The number of amides is 1. The van der Waals surface area contributed by atoms with Gasteiger partial charge in [0.1, 0.15) is 0 Å². The zero-order valence-corrected chi connectivity index (χ0v) is 14.9. The van der Waals surface area contributed by atoms with Gasteiger partial charge in [-0.3, -0.25) is 4.79 Å². The Labute approximate surface area is 149 Å². The number of benzene rings is 3. The zero-order chi connectivity index (χ0) is 17.8. The zero-order valence-electron chi connectivity index (χ0n) is 14.9. The van der Waals surface area contributed by atoms with Gasteiger partial charge in [-0.15, -0.1) is 0 Å². The molecule has 0 bridgehead atoms. The van der Waals surface area contributed by atoms with Gasteiger partial charge in [0.15, 0.2) is 0 Å². The van der Waals surface area contributed by atoms with Crippen molar-refractivity contribution >= 4 is 5.91 Å². The van der Waals surface area contributed by atoms with Crippen LogP contribution in [0.1, 0.15) is 40.0 Å². The summed E-state index contributed by atoms with van der Waals surface area (Å²) >= 11 is 0.